The summed E-state index contributed by atoms with van der Waals surface area (Å²) >= 11 is 0. The molecule has 0 aliphatic rings. The number of Topliss-reactive ketones (excluding diaryl/α,β-unsaturated/α-hetero) is 1. The second kappa shape index (κ2) is 15.9. The van der Waals surface area contributed by atoms with Gasteiger partial charge in [0, 0.05) is 18.5 Å². The van der Waals surface area contributed by atoms with Gasteiger partial charge in [0.25, 0.3) is 11.8 Å². The van der Waals surface area contributed by atoms with Gasteiger partial charge in [-0.3, -0.25) is 24.0 Å². The highest BCUT2D eigenvalue weighted by molar-refractivity contribution is 6.38. The lowest BCUT2D eigenvalue weighted by atomic mass is 9.99. The Morgan fingerprint density at radius 3 is 1.74 bits per heavy atom. The summed E-state index contributed by atoms with van der Waals surface area (Å²) in [7, 11) is 0. The van der Waals surface area contributed by atoms with Gasteiger partial charge < -0.3 is 21.3 Å². The van der Waals surface area contributed by atoms with E-state index in [4.69, 9.17) is 0 Å². The van der Waals surface area contributed by atoms with Crippen LogP contribution < -0.4 is 21.3 Å². The normalized spacial score (nSPS) is 12.9. The van der Waals surface area contributed by atoms with Gasteiger partial charge in [-0.15, -0.1) is 0 Å². The third-order valence-corrected chi connectivity index (χ3v) is 6.55. The molecule has 3 rings (SSSR count). The van der Waals surface area contributed by atoms with Crippen LogP contribution in [0.3, 0.4) is 0 Å². The Balaban J connectivity index is 1.65. The largest absolute Gasteiger partial charge is 0.345 e. The van der Waals surface area contributed by atoms with Gasteiger partial charge in [-0.2, -0.15) is 0 Å². The van der Waals surface area contributed by atoms with E-state index in [1.165, 1.54) is 6.92 Å². The smallest absolute Gasteiger partial charge is 0.289 e. The number of carbonyl (C=O) groups excluding carboxylic acids is 5. The fourth-order valence-electron chi connectivity index (χ4n) is 4.29. The molecule has 0 saturated heterocycles. The molecule has 3 aromatic rings. The second-order valence-corrected chi connectivity index (χ2v) is 10.5. The van der Waals surface area contributed by atoms with Gasteiger partial charge in [0.1, 0.15) is 12.1 Å². The fraction of sp³-hybridized carbons (Fsp3) is 0.303. The van der Waals surface area contributed by atoms with Crippen LogP contribution in [0, 0.1) is 5.92 Å². The van der Waals surface area contributed by atoms with Gasteiger partial charge in [0.2, 0.25) is 17.6 Å². The number of hydrogen-bond donors (Lipinski definition) is 4. The quantitative estimate of drug-likeness (QED) is 0.221. The summed E-state index contributed by atoms with van der Waals surface area (Å²) in [6.07, 6.45) is 0.448. The number of rotatable bonds is 14. The van der Waals surface area contributed by atoms with Crippen LogP contribution in [0.25, 0.3) is 0 Å². The minimum Gasteiger partial charge on any atom is -0.345 e. The molecule has 9 heteroatoms. The third-order valence-electron chi connectivity index (χ3n) is 6.55. The Kier molecular flexibility index (Phi) is 12.0. The van der Waals surface area contributed by atoms with Crippen LogP contribution in [0.15, 0.2) is 91.0 Å². The maximum atomic E-state index is 13.3. The second-order valence-electron chi connectivity index (χ2n) is 10.5. The molecule has 0 aromatic heterocycles. The van der Waals surface area contributed by atoms with E-state index in [0.717, 1.165) is 11.1 Å². The molecule has 0 bridgehead atoms. The van der Waals surface area contributed by atoms with Crippen molar-refractivity contribution in [3.63, 3.8) is 0 Å². The van der Waals surface area contributed by atoms with E-state index < -0.39 is 47.5 Å². The van der Waals surface area contributed by atoms with Crippen molar-refractivity contribution < 1.29 is 24.0 Å². The lowest BCUT2D eigenvalue weighted by Gasteiger charge is -2.24. The molecule has 220 valence electrons. The van der Waals surface area contributed by atoms with Crippen LogP contribution in [0.2, 0.25) is 0 Å². The number of hydrogen-bond acceptors (Lipinski definition) is 5. The van der Waals surface area contributed by atoms with Crippen molar-refractivity contribution in [1.29, 1.82) is 0 Å². The number of ketones is 1. The highest BCUT2D eigenvalue weighted by Crippen LogP contribution is 2.09. The lowest BCUT2D eigenvalue weighted by Crippen LogP contribution is -2.56. The maximum Gasteiger partial charge on any atom is 0.289 e. The van der Waals surface area contributed by atoms with E-state index in [1.807, 2.05) is 74.5 Å². The molecule has 4 N–H and O–H groups in total. The Hall–Kier alpha value is -4.79. The molecule has 0 aliphatic carbocycles. The van der Waals surface area contributed by atoms with Crippen LogP contribution in [-0.4, -0.2) is 47.5 Å². The minimum atomic E-state index is -1.06. The monoisotopic (exact) mass is 570 g/mol. The molecule has 0 aliphatic heterocycles. The maximum absolute atomic E-state index is 13.3. The molecular formula is C33H38N4O5. The summed E-state index contributed by atoms with van der Waals surface area (Å²) < 4.78 is 0. The minimum absolute atomic E-state index is 0.00882. The highest BCUT2D eigenvalue weighted by atomic mass is 16.2. The molecule has 0 spiro atoms. The predicted octanol–water partition coefficient (Wildman–Crippen LogP) is 2.95. The number of nitrogens with one attached hydrogen (secondary N) is 4. The summed E-state index contributed by atoms with van der Waals surface area (Å²) in [6.45, 7) is 5.42. The molecule has 0 unspecified atom stereocenters. The molecular weight excluding hydrogens is 532 g/mol. The van der Waals surface area contributed by atoms with E-state index in [0.29, 0.717) is 5.56 Å². The SMILES string of the molecule is CC(C)C[C@H](NC(=O)[C@H](C)NC(=O)[C@H](Cc1ccccc1)NC(=O)c1ccccc1)C(=O)C(=O)NCc1ccccc1. The van der Waals surface area contributed by atoms with Crippen LogP contribution in [0.1, 0.15) is 48.7 Å². The zero-order valence-electron chi connectivity index (χ0n) is 24.1. The zero-order valence-corrected chi connectivity index (χ0v) is 24.1. The number of amides is 4. The van der Waals surface area contributed by atoms with E-state index >= 15 is 0 Å². The van der Waals surface area contributed by atoms with E-state index in [2.05, 4.69) is 21.3 Å². The van der Waals surface area contributed by atoms with Crippen molar-refractivity contribution >= 4 is 29.4 Å². The summed E-state index contributed by atoms with van der Waals surface area (Å²) in [4.78, 5) is 64.9. The van der Waals surface area contributed by atoms with Gasteiger partial charge in [-0.05, 0) is 42.5 Å². The molecule has 3 atom stereocenters. The first-order valence-electron chi connectivity index (χ1n) is 14.0. The lowest BCUT2D eigenvalue weighted by molar-refractivity contribution is -0.140. The molecule has 0 radical (unpaired) electrons. The van der Waals surface area contributed by atoms with Crippen molar-refractivity contribution in [3.8, 4) is 0 Å². The molecule has 42 heavy (non-hydrogen) atoms. The van der Waals surface area contributed by atoms with Crippen molar-refractivity contribution in [2.24, 2.45) is 5.92 Å². The van der Waals surface area contributed by atoms with Crippen molar-refractivity contribution in [1.82, 2.24) is 21.3 Å². The number of carbonyl (C=O) groups is 5. The van der Waals surface area contributed by atoms with Crippen molar-refractivity contribution in [2.75, 3.05) is 0 Å². The van der Waals surface area contributed by atoms with Crippen LogP contribution in [-0.2, 0) is 32.1 Å². The Morgan fingerprint density at radius 2 is 1.17 bits per heavy atom. The summed E-state index contributed by atoms with van der Waals surface area (Å²) in [5, 5.41) is 10.7. The molecule has 0 heterocycles. The third kappa shape index (κ3) is 9.99. The fourth-order valence-corrected chi connectivity index (χ4v) is 4.29. The molecule has 4 amide bonds. The van der Waals surface area contributed by atoms with E-state index in [-0.39, 0.29) is 25.3 Å². The first-order chi connectivity index (χ1) is 20.1. The van der Waals surface area contributed by atoms with Gasteiger partial charge in [-0.25, -0.2) is 0 Å². The standard InChI is InChI=1S/C33H38N4O5/c1-22(2)19-27(29(38)33(42)34-21-25-15-9-5-10-16-25)36-30(39)23(3)35-32(41)28(20-24-13-7-4-8-14-24)37-31(40)26-17-11-6-12-18-26/h4-18,22-23,27-28H,19-21H2,1-3H3,(H,34,42)(H,35,41)(H,36,39)(H,37,40)/t23-,27-,28-/m0/s1. The predicted molar refractivity (Wildman–Crippen MR) is 160 cm³/mol. The summed E-state index contributed by atoms with van der Waals surface area (Å²) in [6, 6.07) is 23.8. The van der Waals surface area contributed by atoms with Crippen LogP contribution >= 0.6 is 0 Å². The van der Waals surface area contributed by atoms with Crippen LogP contribution in [0.5, 0.6) is 0 Å². The molecule has 3 aromatic carbocycles. The number of benzene rings is 3. The Labute approximate surface area is 246 Å². The van der Waals surface area contributed by atoms with Gasteiger partial charge in [0.15, 0.2) is 0 Å². The van der Waals surface area contributed by atoms with Gasteiger partial charge in [-0.1, -0.05) is 92.7 Å². The average molecular weight is 571 g/mol. The highest BCUT2D eigenvalue weighted by Gasteiger charge is 2.30. The Bertz CT molecular complexity index is 1350. The summed E-state index contributed by atoms with van der Waals surface area (Å²) in [5.41, 5.74) is 2.06. The molecule has 9 nitrogen and oxygen atoms in total. The van der Waals surface area contributed by atoms with Gasteiger partial charge in [0.05, 0.1) is 6.04 Å². The van der Waals surface area contributed by atoms with Gasteiger partial charge >= 0.3 is 0 Å². The summed E-state index contributed by atoms with van der Waals surface area (Å²) in [5.74, 6) is -3.15. The van der Waals surface area contributed by atoms with Crippen molar-refractivity contribution in [2.45, 2.75) is 58.3 Å². The van der Waals surface area contributed by atoms with E-state index in [9.17, 15) is 24.0 Å². The van der Waals surface area contributed by atoms with Crippen molar-refractivity contribution in [3.05, 3.63) is 108 Å². The average Bonchev–Trinajstić information content (AvgIpc) is 2.99. The van der Waals surface area contributed by atoms with E-state index in [1.54, 1.807) is 30.3 Å². The Morgan fingerprint density at radius 1 is 0.619 bits per heavy atom. The van der Waals surface area contributed by atoms with Crippen LogP contribution in [0.4, 0.5) is 0 Å². The zero-order chi connectivity index (χ0) is 30.5. The first kappa shape index (κ1) is 31.7. The molecule has 0 saturated carbocycles. The molecule has 0 fully saturated rings. The topological polar surface area (TPSA) is 133 Å². The first-order valence-corrected chi connectivity index (χ1v) is 14.0.